The molecule has 0 radical (unpaired) electrons. The molecule has 3 aromatic rings. The van der Waals surface area contributed by atoms with E-state index in [1.807, 2.05) is 30.3 Å². The molecule has 26 heavy (non-hydrogen) atoms. The Balaban J connectivity index is 1.85. The minimum atomic E-state index is 0.650. The van der Waals surface area contributed by atoms with Gasteiger partial charge < -0.3 is 4.74 Å². The molecule has 0 amide bonds. The van der Waals surface area contributed by atoms with E-state index in [4.69, 9.17) is 4.74 Å². The van der Waals surface area contributed by atoms with Crippen LogP contribution in [0.3, 0.4) is 0 Å². The lowest BCUT2D eigenvalue weighted by Gasteiger charge is -2.10. The van der Waals surface area contributed by atoms with Gasteiger partial charge in [0, 0.05) is 23.8 Å². The number of ether oxygens (including phenoxy) is 1. The van der Waals surface area contributed by atoms with Crippen molar-refractivity contribution >= 4 is 23.5 Å². The van der Waals surface area contributed by atoms with Gasteiger partial charge >= 0.3 is 0 Å². The van der Waals surface area contributed by atoms with Crippen molar-refractivity contribution in [1.29, 1.82) is 0 Å². The smallest absolute Gasteiger partial charge is 0.195 e. The number of thioether (sulfide) groups is 2. The van der Waals surface area contributed by atoms with Crippen molar-refractivity contribution in [2.24, 2.45) is 0 Å². The summed E-state index contributed by atoms with van der Waals surface area (Å²) >= 11 is 3.29. The number of nitrogens with zero attached hydrogens (tertiary/aromatic N) is 5. The van der Waals surface area contributed by atoms with Gasteiger partial charge in [-0.05, 0) is 36.8 Å². The van der Waals surface area contributed by atoms with Gasteiger partial charge in [-0.2, -0.15) is 0 Å². The fourth-order valence-corrected chi connectivity index (χ4v) is 4.04. The molecular formula is C18H21N5OS2. The molecule has 0 atom stereocenters. The van der Waals surface area contributed by atoms with Crippen LogP contribution < -0.4 is 4.74 Å². The second-order valence-corrected chi connectivity index (χ2v) is 7.46. The van der Waals surface area contributed by atoms with Crippen molar-refractivity contribution in [3.05, 3.63) is 48.5 Å². The molecule has 0 saturated carbocycles. The average Bonchev–Trinajstić information content (AvgIpc) is 3.10. The van der Waals surface area contributed by atoms with E-state index in [1.54, 1.807) is 43.0 Å². The van der Waals surface area contributed by atoms with Gasteiger partial charge in [0.25, 0.3) is 0 Å². The highest BCUT2D eigenvalue weighted by atomic mass is 32.2. The van der Waals surface area contributed by atoms with Crippen molar-refractivity contribution < 1.29 is 4.74 Å². The van der Waals surface area contributed by atoms with E-state index in [0.717, 1.165) is 46.2 Å². The molecule has 3 rings (SSSR count). The second-order valence-electron chi connectivity index (χ2n) is 5.45. The SMILES string of the molecule is CCCCSc1nnc(CSc2ncccn2)n1-c1ccc(OC)cc1. The third-order valence-electron chi connectivity index (χ3n) is 3.63. The van der Waals surface area contributed by atoms with E-state index >= 15 is 0 Å². The fraction of sp³-hybridized carbons (Fsp3) is 0.333. The fourth-order valence-electron chi connectivity index (χ4n) is 2.27. The van der Waals surface area contributed by atoms with Gasteiger partial charge in [0.15, 0.2) is 10.3 Å². The lowest BCUT2D eigenvalue weighted by atomic mass is 10.3. The molecule has 0 spiro atoms. The van der Waals surface area contributed by atoms with Crippen molar-refractivity contribution in [2.75, 3.05) is 12.9 Å². The summed E-state index contributed by atoms with van der Waals surface area (Å²) in [4.78, 5) is 8.52. The van der Waals surface area contributed by atoms with Crippen LogP contribution in [0, 0.1) is 0 Å². The number of aromatic nitrogens is 5. The van der Waals surface area contributed by atoms with Gasteiger partial charge in [-0.15, -0.1) is 10.2 Å². The van der Waals surface area contributed by atoms with Gasteiger partial charge in [-0.1, -0.05) is 36.9 Å². The molecule has 136 valence electrons. The Bertz CT molecular complexity index is 808. The summed E-state index contributed by atoms with van der Waals surface area (Å²) in [5, 5.41) is 10.5. The number of rotatable bonds is 9. The highest BCUT2D eigenvalue weighted by Gasteiger charge is 2.15. The molecule has 0 unspecified atom stereocenters. The van der Waals surface area contributed by atoms with Gasteiger partial charge in [0.2, 0.25) is 0 Å². The molecule has 0 N–H and O–H groups in total. The topological polar surface area (TPSA) is 65.7 Å². The number of methoxy groups -OCH3 is 1. The maximum atomic E-state index is 5.27. The van der Waals surface area contributed by atoms with E-state index in [9.17, 15) is 0 Å². The number of benzene rings is 1. The predicted molar refractivity (Wildman–Crippen MR) is 105 cm³/mol. The van der Waals surface area contributed by atoms with Crippen LogP contribution >= 0.6 is 23.5 Å². The molecule has 0 aliphatic heterocycles. The number of hydrogen-bond acceptors (Lipinski definition) is 7. The average molecular weight is 388 g/mol. The Labute approximate surface area is 161 Å². The van der Waals surface area contributed by atoms with Gasteiger partial charge in [0.05, 0.1) is 12.9 Å². The molecule has 2 aromatic heterocycles. The van der Waals surface area contributed by atoms with Crippen LogP contribution in [0.5, 0.6) is 5.75 Å². The van der Waals surface area contributed by atoms with E-state index in [1.165, 1.54) is 0 Å². The van der Waals surface area contributed by atoms with Crippen LogP contribution in [0.15, 0.2) is 53.0 Å². The Hall–Kier alpha value is -2.06. The quantitative estimate of drug-likeness (QED) is 0.309. The largest absolute Gasteiger partial charge is 0.497 e. The molecule has 8 heteroatoms. The first-order valence-corrected chi connectivity index (χ1v) is 10.4. The number of unbranched alkanes of at least 4 members (excludes halogenated alkanes) is 1. The third-order valence-corrected chi connectivity index (χ3v) is 5.52. The van der Waals surface area contributed by atoms with Crippen molar-refractivity contribution in [3.8, 4) is 11.4 Å². The summed E-state index contributed by atoms with van der Waals surface area (Å²) in [6.45, 7) is 2.19. The molecular weight excluding hydrogens is 366 g/mol. The zero-order chi connectivity index (χ0) is 18.2. The van der Waals surface area contributed by atoms with E-state index in [2.05, 4.69) is 31.7 Å². The summed E-state index contributed by atoms with van der Waals surface area (Å²) < 4.78 is 7.37. The second kappa shape index (κ2) is 9.59. The van der Waals surface area contributed by atoms with E-state index in [0.29, 0.717) is 5.75 Å². The highest BCUT2D eigenvalue weighted by molar-refractivity contribution is 7.99. The molecule has 0 aliphatic rings. The Morgan fingerprint density at radius 3 is 2.50 bits per heavy atom. The maximum absolute atomic E-state index is 5.27. The summed E-state index contributed by atoms with van der Waals surface area (Å²) in [6, 6.07) is 9.77. The van der Waals surface area contributed by atoms with Crippen LogP contribution in [0.1, 0.15) is 25.6 Å². The lowest BCUT2D eigenvalue weighted by molar-refractivity contribution is 0.414. The predicted octanol–water partition coefficient (Wildman–Crippen LogP) is 4.25. The first-order chi connectivity index (χ1) is 12.8. The van der Waals surface area contributed by atoms with Gasteiger partial charge in [0.1, 0.15) is 11.6 Å². The van der Waals surface area contributed by atoms with E-state index < -0.39 is 0 Å². The molecule has 0 saturated heterocycles. The van der Waals surface area contributed by atoms with Gasteiger partial charge in [-0.3, -0.25) is 4.57 Å². The molecule has 0 fully saturated rings. The first-order valence-electron chi connectivity index (χ1n) is 8.43. The molecule has 6 nitrogen and oxygen atoms in total. The van der Waals surface area contributed by atoms with Crippen LogP contribution in [0.2, 0.25) is 0 Å². The monoisotopic (exact) mass is 387 g/mol. The summed E-state index contributed by atoms with van der Waals surface area (Å²) in [7, 11) is 1.67. The minimum Gasteiger partial charge on any atom is -0.497 e. The zero-order valence-corrected chi connectivity index (χ0v) is 16.5. The highest BCUT2D eigenvalue weighted by Crippen LogP contribution is 2.27. The standard InChI is InChI=1S/C18H21N5OS2/c1-3-4-12-25-18-22-21-16(13-26-17-19-10-5-11-20-17)23(18)14-6-8-15(24-2)9-7-14/h5-11H,3-4,12-13H2,1-2H3. The van der Waals surface area contributed by atoms with Crippen molar-refractivity contribution in [1.82, 2.24) is 24.7 Å². The Morgan fingerprint density at radius 1 is 1.04 bits per heavy atom. The minimum absolute atomic E-state index is 0.650. The molecule has 1 aromatic carbocycles. The zero-order valence-electron chi connectivity index (χ0n) is 14.8. The molecule has 0 aliphatic carbocycles. The van der Waals surface area contributed by atoms with Crippen molar-refractivity contribution in [3.63, 3.8) is 0 Å². The Kier molecular flexibility index (Phi) is 6.90. The van der Waals surface area contributed by atoms with Crippen LogP contribution in [0.4, 0.5) is 0 Å². The van der Waals surface area contributed by atoms with Crippen molar-refractivity contribution in [2.45, 2.75) is 35.8 Å². The van der Waals surface area contributed by atoms with Crippen LogP contribution in [0.25, 0.3) is 5.69 Å². The maximum Gasteiger partial charge on any atom is 0.195 e. The normalized spacial score (nSPS) is 10.8. The summed E-state index contributed by atoms with van der Waals surface area (Å²) in [5.74, 6) is 3.39. The molecule has 0 bridgehead atoms. The lowest BCUT2D eigenvalue weighted by Crippen LogP contribution is -2.02. The van der Waals surface area contributed by atoms with Gasteiger partial charge in [-0.25, -0.2) is 9.97 Å². The first kappa shape index (κ1) is 18.7. The third kappa shape index (κ3) is 4.76. The van der Waals surface area contributed by atoms with E-state index in [-0.39, 0.29) is 0 Å². The number of hydrogen-bond donors (Lipinski definition) is 0. The molecule has 2 heterocycles. The Morgan fingerprint density at radius 2 is 1.81 bits per heavy atom. The summed E-state index contributed by atoms with van der Waals surface area (Å²) in [6.07, 6.45) is 5.81. The van der Waals surface area contributed by atoms with Crippen LogP contribution in [-0.2, 0) is 5.75 Å². The van der Waals surface area contributed by atoms with Crippen LogP contribution in [-0.4, -0.2) is 37.6 Å². The summed E-state index contributed by atoms with van der Waals surface area (Å²) in [5.41, 5.74) is 1.03.